The average Bonchev–Trinajstić information content (AvgIpc) is 2.13. The van der Waals surface area contributed by atoms with Crippen LogP contribution in [0, 0.1) is 10.1 Å². The van der Waals surface area contributed by atoms with Crippen molar-refractivity contribution < 1.29 is 9.72 Å². The first-order valence-corrected chi connectivity index (χ1v) is 5.08. The summed E-state index contributed by atoms with van der Waals surface area (Å²) in [5.74, 6) is -0.503. The molecule has 6 nitrogen and oxygen atoms in total. The number of hydrogen-bond donors (Lipinski definition) is 2. The summed E-state index contributed by atoms with van der Waals surface area (Å²) < 4.78 is 0. The molecule has 0 radical (unpaired) electrons. The van der Waals surface area contributed by atoms with Gasteiger partial charge in [-0.2, -0.15) is 0 Å². The van der Waals surface area contributed by atoms with Gasteiger partial charge in [-0.3, -0.25) is 14.9 Å². The maximum absolute atomic E-state index is 11.9. The van der Waals surface area contributed by atoms with Crippen LogP contribution in [0.2, 0.25) is 0 Å². The van der Waals surface area contributed by atoms with E-state index in [-0.39, 0.29) is 16.9 Å². The number of nitrogens with two attached hydrogens (primary N) is 1. The van der Waals surface area contributed by atoms with Gasteiger partial charge >= 0.3 is 5.69 Å². The fourth-order valence-corrected chi connectivity index (χ4v) is 1.36. The summed E-state index contributed by atoms with van der Waals surface area (Å²) in [6.45, 7) is 5.38. The Hall–Kier alpha value is -2.11. The number of nitrogen functional groups attached to an aromatic ring is 1. The number of nitrogens with zero attached hydrogens (tertiary/aromatic N) is 1. The van der Waals surface area contributed by atoms with Gasteiger partial charge in [0.1, 0.15) is 11.3 Å². The maximum Gasteiger partial charge on any atom is 0.304 e. The molecular formula is C11H15N3O3. The standard InChI is InChI=1S/C11H15N3O3/c1-11(2,3)13-10(15)7-5-4-6-8(12)9(7)14(16)17/h4-6H,12H2,1-3H3,(H,13,15). The van der Waals surface area contributed by atoms with Crippen molar-refractivity contribution in [2.75, 3.05) is 5.73 Å². The van der Waals surface area contributed by atoms with Crippen LogP contribution in [0.15, 0.2) is 18.2 Å². The number of nitro benzene ring substituents is 1. The maximum atomic E-state index is 11.9. The number of nitro groups is 1. The molecule has 1 amide bonds. The molecule has 0 saturated carbocycles. The molecule has 17 heavy (non-hydrogen) atoms. The van der Waals surface area contributed by atoms with E-state index in [2.05, 4.69) is 5.32 Å². The second kappa shape index (κ2) is 4.40. The van der Waals surface area contributed by atoms with Crippen molar-refractivity contribution in [1.29, 1.82) is 0 Å². The van der Waals surface area contributed by atoms with Crippen LogP contribution in [0.3, 0.4) is 0 Å². The Labute approximate surface area is 99.0 Å². The fraction of sp³-hybridized carbons (Fsp3) is 0.364. The summed E-state index contributed by atoms with van der Waals surface area (Å²) in [5.41, 5.74) is 4.65. The Morgan fingerprint density at radius 1 is 1.41 bits per heavy atom. The first kappa shape index (κ1) is 13.0. The van der Waals surface area contributed by atoms with Gasteiger partial charge in [-0.15, -0.1) is 0 Å². The quantitative estimate of drug-likeness (QED) is 0.464. The van der Waals surface area contributed by atoms with E-state index in [1.807, 2.05) is 0 Å². The van der Waals surface area contributed by atoms with Crippen LogP contribution in [0.5, 0.6) is 0 Å². The second-order valence-electron chi connectivity index (χ2n) is 4.70. The largest absolute Gasteiger partial charge is 0.393 e. The average molecular weight is 237 g/mol. The Morgan fingerprint density at radius 3 is 2.47 bits per heavy atom. The van der Waals surface area contributed by atoms with Crippen molar-refractivity contribution in [3.8, 4) is 0 Å². The van der Waals surface area contributed by atoms with E-state index in [0.717, 1.165) is 0 Å². The number of amides is 1. The van der Waals surface area contributed by atoms with E-state index in [1.54, 1.807) is 20.8 Å². The van der Waals surface area contributed by atoms with Crippen LogP contribution in [0.1, 0.15) is 31.1 Å². The smallest absolute Gasteiger partial charge is 0.304 e. The molecule has 1 rings (SSSR count). The Balaban J connectivity index is 3.19. The number of benzene rings is 1. The van der Waals surface area contributed by atoms with Crippen molar-refractivity contribution in [2.24, 2.45) is 0 Å². The highest BCUT2D eigenvalue weighted by Crippen LogP contribution is 2.26. The zero-order valence-corrected chi connectivity index (χ0v) is 9.98. The lowest BCUT2D eigenvalue weighted by molar-refractivity contribution is -0.384. The lowest BCUT2D eigenvalue weighted by Gasteiger charge is -2.20. The number of para-hydroxylation sites is 1. The van der Waals surface area contributed by atoms with E-state index in [4.69, 9.17) is 5.73 Å². The molecule has 0 saturated heterocycles. The van der Waals surface area contributed by atoms with Crippen molar-refractivity contribution in [2.45, 2.75) is 26.3 Å². The van der Waals surface area contributed by atoms with Gasteiger partial charge < -0.3 is 11.1 Å². The first-order chi connectivity index (χ1) is 7.72. The third-order valence-corrected chi connectivity index (χ3v) is 1.98. The zero-order chi connectivity index (χ0) is 13.2. The number of rotatable bonds is 2. The van der Waals surface area contributed by atoms with Crippen LogP contribution in [0.25, 0.3) is 0 Å². The Kier molecular flexibility index (Phi) is 3.36. The minimum Gasteiger partial charge on any atom is -0.393 e. The van der Waals surface area contributed by atoms with Crippen LogP contribution < -0.4 is 11.1 Å². The van der Waals surface area contributed by atoms with Crippen LogP contribution >= 0.6 is 0 Å². The predicted molar refractivity (Wildman–Crippen MR) is 64.7 cm³/mol. The molecule has 3 N–H and O–H groups in total. The summed E-state index contributed by atoms with van der Waals surface area (Å²) in [7, 11) is 0. The molecule has 1 aromatic rings. The van der Waals surface area contributed by atoms with Gasteiger partial charge in [0.25, 0.3) is 5.91 Å². The van der Waals surface area contributed by atoms with Gasteiger partial charge in [-0.1, -0.05) is 6.07 Å². The molecule has 0 fully saturated rings. The van der Waals surface area contributed by atoms with E-state index >= 15 is 0 Å². The minimum atomic E-state index is -0.646. The van der Waals surface area contributed by atoms with Crippen molar-refractivity contribution in [3.63, 3.8) is 0 Å². The van der Waals surface area contributed by atoms with Gasteiger partial charge in [0.05, 0.1) is 4.92 Å². The molecule has 0 aliphatic heterocycles. The molecule has 0 heterocycles. The molecule has 6 heteroatoms. The van der Waals surface area contributed by atoms with Crippen molar-refractivity contribution >= 4 is 17.3 Å². The summed E-state index contributed by atoms with van der Waals surface area (Å²) in [4.78, 5) is 22.1. The monoisotopic (exact) mass is 237 g/mol. The summed E-state index contributed by atoms with van der Waals surface area (Å²) in [6, 6.07) is 4.29. The number of carbonyl (C=O) groups excluding carboxylic acids is 1. The molecule has 0 atom stereocenters. The number of carbonyl (C=O) groups is 1. The number of hydrogen-bond acceptors (Lipinski definition) is 4. The molecule has 0 bridgehead atoms. The molecular weight excluding hydrogens is 222 g/mol. The molecule has 0 aliphatic carbocycles. The topological polar surface area (TPSA) is 98.3 Å². The van der Waals surface area contributed by atoms with E-state index < -0.39 is 16.4 Å². The highest BCUT2D eigenvalue weighted by Gasteiger charge is 2.25. The Bertz CT molecular complexity index is 464. The molecule has 0 spiro atoms. The molecule has 1 aromatic carbocycles. The zero-order valence-electron chi connectivity index (χ0n) is 9.98. The first-order valence-electron chi connectivity index (χ1n) is 5.08. The normalized spacial score (nSPS) is 11.0. The number of nitrogens with one attached hydrogen (secondary N) is 1. The van der Waals surface area contributed by atoms with Crippen LogP contribution in [-0.4, -0.2) is 16.4 Å². The molecule has 0 aliphatic rings. The number of anilines is 1. The molecule has 0 aromatic heterocycles. The lowest BCUT2D eigenvalue weighted by atomic mass is 10.1. The Morgan fingerprint density at radius 2 is 2.00 bits per heavy atom. The third kappa shape index (κ3) is 3.17. The highest BCUT2D eigenvalue weighted by molar-refractivity contribution is 6.00. The van der Waals surface area contributed by atoms with E-state index in [0.29, 0.717) is 0 Å². The summed E-state index contributed by atoms with van der Waals surface area (Å²) >= 11 is 0. The summed E-state index contributed by atoms with van der Waals surface area (Å²) in [6.07, 6.45) is 0. The minimum absolute atomic E-state index is 0.0171. The van der Waals surface area contributed by atoms with Crippen molar-refractivity contribution in [3.05, 3.63) is 33.9 Å². The third-order valence-electron chi connectivity index (χ3n) is 1.98. The molecule has 0 unspecified atom stereocenters. The molecule has 92 valence electrons. The van der Waals surface area contributed by atoms with Gasteiger partial charge in [0.2, 0.25) is 0 Å². The van der Waals surface area contributed by atoms with Gasteiger partial charge in [-0.25, -0.2) is 0 Å². The highest BCUT2D eigenvalue weighted by atomic mass is 16.6. The van der Waals surface area contributed by atoms with Gasteiger partial charge in [0.15, 0.2) is 0 Å². The van der Waals surface area contributed by atoms with E-state index in [9.17, 15) is 14.9 Å². The lowest BCUT2D eigenvalue weighted by Crippen LogP contribution is -2.40. The van der Waals surface area contributed by atoms with E-state index in [1.165, 1.54) is 18.2 Å². The fourth-order valence-electron chi connectivity index (χ4n) is 1.36. The SMILES string of the molecule is CC(C)(C)NC(=O)c1cccc(N)c1[N+](=O)[O-]. The second-order valence-corrected chi connectivity index (χ2v) is 4.70. The van der Waals surface area contributed by atoms with Crippen LogP contribution in [-0.2, 0) is 0 Å². The summed E-state index contributed by atoms with van der Waals surface area (Å²) in [5, 5.41) is 13.5. The van der Waals surface area contributed by atoms with Gasteiger partial charge in [0, 0.05) is 5.54 Å². The van der Waals surface area contributed by atoms with Crippen LogP contribution in [0.4, 0.5) is 11.4 Å². The van der Waals surface area contributed by atoms with Crippen molar-refractivity contribution in [1.82, 2.24) is 5.32 Å². The predicted octanol–water partition coefficient (Wildman–Crippen LogP) is 1.71. The van der Waals surface area contributed by atoms with Gasteiger partial charge in [-0.05, 0) is 32.9 Å².